The zero-order valence-electron chi connectivity index (χ0n) is 11.8. The van der Waals surface area contributed by atoms with Crippen LogP contribution in [0.15, 0.2) is 23.3 Å². The molecular formula is C14H21N3O2. The normalized spacial score (nSPS) is 16.9. The van der Waals surface area contributed by atoms with Gasteiger partial charge < -0.3 is 14.4 Å². The van der Waals surface area contributed by atoms with Crippen LogP contribution in [-0.4, -0.2) is 63.6 Å². The minimum absolute atomic E-state index is 0.727. The van der Waals surface area contributed by atoms with Crippen LogP contribution in [0, 0.1) is 0 Å². The summed E-state index contributed by atoms with van der Waals surface area (Å²) in [6.45, 7) is 4.06. The maximum absolute atomic E-state index is 5.28. The summed E-state index contributed by atoms with van der Waals surface area (Å²) < 4.78 is 10.5. The fraction of sp³-hybridized carbons (Fsp3) is 0.500. The van der Waals surface area contributed by atoms with Gasteiger partial charge in [-0.3, -0.25) is 5.01 Å². The third-order valence-corrected chi connectivity index (χ3v) is 3.26. The largest absolute Gasteiger partial charge is 0.493 e. The molecule has 1 aromatic carbocycles. The number of hydrogen-bond donors (Lipinski definition) is 0. The fourth-order valence-corrected chi connectivity index (χ4v) is 1.99. The van der Waals surface area contributed by atoms with Gasteiger partial charge in [0.05, 0.1) is 20.4 Å². The monoisotopic (exact) mass is 263 g/mol. The fourth-order valence-electron chi connectivity index (χ4n) is 1.99. The van der Waals surface area contributed by atoms with Gasteiger partial charge in [-0.25, -0.2) is 0 Å². The van der Waals surface area contributed by atoms with Crippen LogP contribution in [0.4, 0.5) is 0 Å². The van der Waals surface area contributed by atoms with Gasteiger partial charge in [0.25, 0.3) is 0 Å². The van der Waals surface area contributed by atoms with Gasteiger partial charge >= 0.3 is 0 Å². The van der Waals surface area contributed by atoms with E-state index in [-0.39, 0.29) is 0 Å². The van der Waals surface area contributed by atoms with E-state index in [4.69, 9.17) is 9.47 Å². The Morgan fingerprint density at radius 2 is 1.74 bits per heavy atom. The average Bonchev–Trinajstić information content (AvgIpc) is 2.46. The molecule has 5 heteroatoms. The third-order valence-electron chi connectivity index (χ3n) is 3.26. The van der Waals surface area contributed by atoms with E-state index in [9.17, 15) is 0 Å². The number of ether oxygens (including phenoxy) is 2. The second-order valence-corrected chi connectivity index (χ2v) is 4.62. The van der Waals surface area contributed by atoms with E-state index in [0.717, 1.165) is 43.2 Å². The average molecular weight is 263 g/mol. The highest BCUT2D eigenvalue weighted by Gasteiger charge is 2.11. The van der Waals surface area contributed by atoms with Gasteiger partial charge in [-0.05, 0) is 30.8 Å². The molecule has 19 heavy (non-hydrogen) atoms. The van der Waals surface area contributed by atoms with E-state index in [2.05, 4.69) is 22.1 Å². The van der Waals surface area contributed by atoms with Crippen LogP contribution in [0.3, 0.4) is 0 Å². The molecule has 0 radical (unpaired) electrons. The standard InChI is InChI=1S/C14H21N3O2/c1-16-6-8-17(9-7-16)15-11-12-4-5-13(18-2)14(10-12)19-3/h4-5,10-11H,6-9H2,1-3H3/b15-11+. The number of benzene rings is 1. The molecule has 0 bridgehead atoms. The SMILES string of the molecule is COc1ccc(/C=N/N2CCN(C)CC2)cc1OC. The number of hydrazone groups is 1. The van der Waals surface area contributed by atoms with Crippen molar-refractivity contribution in [2.45, 2.75) is 0 Å². The van der Waals surface area contributed by atoms with Gasteiger partial charge in [-0.2, -0.15) is 5.10 Å². The summed E-state index contributed by atoms with van der Waals surface area (Å²) in [6, 6.07) is 5.80. The Kier molecular flexibility index (Phi) is 4.63. The van der Waals surface area contributed by atoms with Crippen molar-refractivity contribution in [3.8, 4) is 11.5 Å². The molecule has 1 aromatic rings. The van der Waals surface area contributed by atoms with Crippen LogP contribution < -0.4 is 9.47 Å². The summed E-state index contributed by atoms with van der Waals surface area (Å²) in [5.74, 6) is 1.46. The van der Waals surface area contributed by atoms with E-state index in [1.807, 2.05) is 24.4 Å². The highest BCUT2D eigenvalue weighted by Crippen LogP contribution is 2.26. The number of methoxy groups -OCH3 is 2. The summed E-state index contributed by atoms with van der Waals surface area (Å²) >= 11 is 0. The van der Waals surface area contributed by atoms with E-state index in [0.29, 0.717) is 0 Å². The molecule has 1 saturated heterocycles. The predicted octanol–water partition coefficient (Wildman–Crippen LogP) is 1.29. The van der Waals surface area contributed by atoms with Crippen LogP contribution in [0.2, 0.25) is 0 Å². The summed E-state index contributed by atoms with van der Waals surface area (Å²) in [4.78, 5) is 2.31. The van der Waals surface area contributed by atoms with E-state index in [1.54, 1.807) is 14.2 Å². The van der Waals surface area contributed by atoms with Crippen molar-refractivity contribution in [2.24, 2.45) is 5.10 Å². The number of nitrogens with zero attached hydrogens (tertiary/aromatic N) is 3. The van der Waals surface area contributed by atoms with E-state index < -0.39 is 0 Å². The van der Waals surface area contributed by atoms with Gasteiger partial charge in [0.15, 0.2) is 11.5 Å². The number of likely N-dealkylation sites (N-methyl/N-ethyl adjacent to an activating group) is 1. The summed E-state index contributed by atoms with van der Waals surface area (Å²) in [5.41, 5.74) is 1.01. The van der Waals surface area contributed by atoms with Crippen molar-refractivity contribution >= 4 is 6.21 Å². The molecule has 1 heterocycles. The molecule has 0 atom stereocenters. The molecule has 0 unspecified atom stereocenters. The first-order chi connectivity index (χ1) is 9.22. The minimum atomic E-state index is 0.727. The van der Waals surface area contributed by atoms with Crippen LogP contribution in [0.1, 0.15) is 5.56 Å². The Labute approximate surface area is 114 Å². The van der Waals surface area contributed by atoms with Crippen molar-refractivity contribution in [3.05, 3.63) is 23.8 Å². The Bertz CT molecular complexity index is 440. The lowest BCUT2D eigenvalue weighted by Gasteiger charge is -2.30. The molecule has 2 rings (SSSR count). The van der Waals surface area contributed by atoms with Gasteiger partial charge in [0, 0.05) is 26.2 Å². The van der Waals surface area contributed by atoms with Gasteiger partial charge in [0.2, 0.25) is 0 Å². The number of piperazine rings is 1. The van der Waals surface area contributed by atoms with Crippen molar-refractivity contribution < 1.29 is 9.47 Å². The summed E-state index contributed by atoms with van der Waals surface area (Å²) in [6.07, 6.45) is 1.87. The van der Waals surface area contributed by atoms with Crippen molar-refractivity contribution in [2.75, 3.05) is 47.4 Å². The van der Waals surface area contributed by atoms with E-state index in [1.165, 1.54) is 0 Å². The van der Waals surface area contributed by atoms with Crippen LogP contribution in [0.25, 0.3) is 0 Å². The molecule has 0 amide bonds. The van der Waals surface area contributed by atoms with E-state index >= 15 is 0 Å². The maximum Gasteiger partial charge on any atom is 0.161 e. The first-order valence-electron chi connectivity index (χ1n) is 6.42. The van der Waals surface area contributed by atoms with Gasteiger partial charge in [0.1, 0.15) is 0 Å². The molecule has 1 aliphatic heterocycles. The third kappa shape index (κ3) is 3.61. The van der Waals surface area contributed by atoms with Crippen LogP contribution in [-0.2, 0) is 0 Å². The molecule has 0 aromatic heterocycles. The lowest BCUT2D eigenvalue weighted by atomic mass is 10.2. The minimum Gasteiger partial charge on any atom is -0.493 e. The highest BCUT2D eigenvalue weighted by molar-refractivity contribution is 5.80. The van der Waals surface area contributed by atoms with Crippen molar-refractivity contribution in [1.29, 1.82) is 0 Å². The lowest BCUT2D eigenvalue weighted by molar-refractivity contribution is 0.159. The first-order valence-corrected chi connectivity index (χ1v) is 6.42. The maximum atomic E-state index is 5.28. The summed E-state index contributed by atoms with van der Waals surface area (Å²) in [7, 11) is 5.41. The zero-order chi connectivity index (χ0) is 13.7. The zero-order valence-corrected chi connectivity index (χ0v) is 11.8. The number of rotatable bonds is 4. The quantitative estimate of drug-likeness (QED) is 0.767. The lowest BCUT2D eigenvalue weighted by Crippen LogP contribution is -2.41. The Morgan fingerprint density at radius 1 is 1.05 bits per heavy atom. The van der Waals surface area contributed by atoms with Gasteiger partial charge in [-0.1, -0.05) is 0 Å². The molecule has 5 nitrogen and oxygen atoms in total. The molecular weight excluding hydrogens is 242 g/mol. The summed E-state index contributed by atoms with van der Waals surface area (Å²) in [5, 5.41) is 6.60. The molecule has 1 fully saturated rings. The Hall–Kier alpha value is -1.75. The molecule has 0 aliphatic carbocycles. The smallest absolute Gasteiger partial charge is 0.161 e. The molecule has 0 N–H and O–H groups in total. The molecule has 1 aliphatic rings. The second kappa shape index (κ2) is 6.43. The number of hydrogen-bond acceptors (Lipinski definition) is 5. The predicted molar refractivity (Wildman–Crippen MR) is 76.2 cm³/mol. The Morgan fingerprint density at radius 3 is 2.37 bits per heavy atom. The van der Waals surface area contributed by atoms with Crippen LogP contribution in [0.5, 0.6) is 11.5 Å². The van der Waals surface area contributed by atoms with Gasteiger partial charge in [-0.15, -0.1) is 0 Å². The highest BCUT2D eigenvalue weighted by atomic mass is 16.5. The van der Waals surface area contributed by atoms with Crippen molar-refractivity contribution in [1.82, 2.24) is 9.91 Å². The second-order valence-electron chi connectivity index (χ2n) is 4.62. The molecule has 0 saturated carbocycles. The Balaban J connectivity index is 2.02. The van der Waals surface area contributed by atoms with Crippen LogP contribution >= 0.6 is 0 Å². The first kappa shape index (κ1) is 13.7. The topological polar surface area (TPSA) is 37.3 Å². The van der Waals surface area contributed by atoms with Crippen molar-refractivity contribution in [3.63, 3.8) is 0 Å². The molecule has 0 spiro atoms. The molecule has 104 valence electrons.